The van der Waals surface area contributed by atoms with E-state index in [-0.39, 0.29) is 6.61 Å². The Morgan fingerprint density at radius 3 is 2.83 bits per heavy atom. The van der Waals surface area contributed by atoms with E-state index in [9.17, 15) is 5.11 Å². The number of aliphatic hydroxyl groups is 1. The van der Waals surface area contributed by atoms with Gasteiger partial charge in [-0.25, -0.2) is 4.98 Å². The van der Waals surface area contributed by atoms with E-state index in [4.69, 9.17) is 0 Å². The molecular weight excluding hydrogens is 292 g/mol. The minimum Gasteiger partial charge on any atom is -0.392 e. The van der Waals surface area contributed by atoms with Crippen molar-refractivity contribution in [3.63, 3.8) is 0 Å². The second kappa shape index (κ2) is 5.98. The van der Waals surface area contributed by atoms with Gasteiger partial charge in [-0.05, 0) is 23.8 Å². The fraction of sp³-hybridized carbons (Fsp3) is 0.214. The zero-order chi connectivity index (χ0) is 13.0. The van der Waals surface area contributed by atoms with Gasteiger partial charge in [0.1, 0.15) is 5.82 Å². The third-order valence-corrected chi connectivity index (χ3v) is 3.20. The SMILES string of the molecule is CN(Cc1cccc(Br)c1)c1ncccc1CO. The smallest absolute Gasteiger partial charge is 0.134 e. The van der Waals surface area contributed by atoms with Crippen LogP contribution in [0.4, 0.5) is 5.82 Å². The Balaban J connectivity index is 2.19. The van der Waals surface area contributed by atoms with Crippen molar-refractivity contribution in [3.05, 3.63) is 58.2 Å². The average Bonchev–Trinajstić information content (AvgIpc) is 2.38. The van der Waals surface area contributed by atoms with Gasteiger partial charge in [0, 0.05) is 29.8 Å². The molecule has 0 aliphatic rings. The topological polar surface area (TPSA) is 36.4 Å². The second-order valence-corrected chi connectivity index (χ2v) is 5.05. The van der Waals surface area contributed by atoms with Crippen molar-refractivity contribution in [1.29, 1.82) is 0 Å². The van der Waals surface area contributed by atoms with E-state index in [0.29, 0.717) is 0 Å². The van der Waals surface area contributed by atoms with Gasteiger partial charge in [-0.3, -0.25) is 0 Å². The van der Waals surface area contributed by atoms with Crippen LogP contribution in [-0.4, -0.2) is 17.1 Å². The summed E-state index contributed by atoms with van der Waals surface area (Å²) in [6.07, 6.45) is 1.74. The molecule has 94 valence electrons. The predicted molar refractivity (Wildman–Crippen MR) is 76.4 cm³/mol. The maximum Gasteiger partial charge on any atom is 0.134 e. The summed E-state index contributed by atoms with van der Waals surface area (Å²) >= 11 is 3.46. The molecule has 0 saturated carbocycles. The Hall–Kier alpha value is -1.39. The number of hydrogen-bond donors (Lipinski definition) is 1. The van der Waals surface area contributed by atoms with Crippen molar-refractivity contribution in [2.45, 2.75) is 13.2 Å². The van der Waals surface area contributed by atoms with Crippen LogP contribution in [-0.2, 0) is 13.2 Å². The number of rotatable bonds is 4. The van der Waals surface area contributed by atoms with Gasteiger partial charge in [0.25, 0.3) is 0 Å². The minimum absolute atomic E-state index is 0.00595. The number of nitrogens with zero attached hydrogens (tertiary/aromatic N) is 2. The van der Waals surface area contributed by atoms with E-state index >= 15 is 0 Å². The molecule has 0 spiro atoms. The van der Waals surface area contributed by atoms with Gasteiger partial charge in [0.2, 0.25) is 0 Å². The van der Waals surface area contributed by atoms with E-state index < -0.39 is 0 Å². The summed E-state index contributed by atoms with van der Waals surface area (Å²) in [5.41, 5.74) is 2.04. The molecule has 0 amide bonds. The number of pyridine rings is 1. The zero-order valence-electron chi connectivity index (χ0n) is 10.2. The summed E-state index contributed by atoms with van der Waals surface area (Å²) in [4.78, 5) is 6.36. The second-order valence-electron chi connectivity index (χ2n) is 4.13. The molecule has 1 aromatic carbocycles. The van der Waals surface area contributed by atoms with Crippen LogP contribution in [0.5, 0.6) is 0 Å². The van der Waals surface area contributed by atoms with Gasteiger partial charge < -0.3 is 10.0 Å². The third kappa shape index (κ3) is 3.09. The first kappa shape index (κ1) is 13.1. The van der Waals surface area contributed by atoms with Crippen molar-refractivity contribution >= 4 is 21.7 Å². The lowest BCUT2D eigenvalue weighted by Gasteiger charge is -2.20. The van der Waals surface area contributed by atoms with Gasteiger partial charge >= 0.3 is 0 Å². The van der Waals surface area contributed by atoms with E-state index in [1.807, 2.05) is 36.2 Å². The Bertz CT molecular complexity index is 531. The maximum atomic E-state index is 9.30. The fourth-order valence-corrected chi connectivity index (χ4v) is 2.33. The highest BCUT2D eigenvalue weighted by molar-refractivity contribution is 9.10. The molecule has 0 saturated heterocycles. The number of anilines is 1. The molecule has 1 aromatic heterocycles. The van der Waals surface area contributed by atoms with Crippen LogP contribution < -0.4 is 4.90 Å². The van der Waals surface area contributed by atoms with Crippen LogP contribution in [0.3, 0.4) is 0 Å². The Labute approximate surface area is 115 Å². The van der Waals surface area contributed by atoms with Crippen molar-refractivity contribution in [3.8, 4) is 0 Å². The average molecular weight is 307 g/mol. The Kier molecular flexibility index (Phi) is 4.33. The van der Waals surface area contributed by atoms with Crippen molar-refractivity contribution in [2.24, 2.45) is 0 Å². The largest absolute Gasteiger partial charge is 0.392 e. The first-order valence-electron chi connectivity index (χ1n) is 5.71. The molecule has 2 rings (SSSR count). The van der Waals surface area contributed by atoms with Gasteiger partial charge in [-0.15, -0.1) is 0 Å². The summed E-state index contributed by atoms with van der Waals surface area (Å²) in [6, 6.07) is 11.9. The van der Waals surface area contributed by atoms with Crippen LogP contribution in [0.25, 0.3) is 0 Å². The van der Waals surface area contributed by atoms with E-state index in [0.717, 1.165) is 22.4 Å². The molecule has 1 heterocycles. The maximum absolute atomic E-state index is 9.30. The summed E-state index contributed by atoms with van der Waals surface area (Å²) in [7, 11) is 1.97. The molecule has 18 heavy (non-hydrogen) atoms. The fourth-order valence-electron chi connectivity index (χ4n) is 1.88. The Morgan fingerprint density at radius 2 is 2.11 bits per heavy atom. The molecule has 0 bridgehead atoms. The van der Waals surface area contributed by atoms with Gasteiger partial charge in [-0.1, -0.05) is 34.1 Å². The quantitative estimate of drug-likeness (QED) is 0.943. The molecular formula is C14H15BrN2O. The molecule has 0 unspecified atom stereocenters. The van der Waals surface area contributed by atoms with Gasteiger partial charge in [0.15, 0.2) is 0 Å². The van der Waals surface area contributed by atoms with Crippen LogP contribution in [0, 0.1) is 0 Å². The summed E-state index contributed by atoms with van der Waals surface area (Å²) in [6.45, 7) is 0.759. The molecule has 0 fully saturated rings. The monoisotopic (exact) mass is 306 g/mol. The lowest BCUT2D eigenvalue weighted by atomic mass is 10.2. The number of hydrogen-bond acceptors (Lipinski definition) is 3. The number of halogens is 1. The summed E-state index contributed by atoms with van der Waals surface area (Å²) < 4.78 is 1.07. The molecule has 0 radical (unpaired) electrons. The molecule has 0 atom stereocenters. The van der Waals surface area contributed by atoms with Crippen LogP contribution in [0.1, 0.15) is 11.1 Å². The van der Waals surface area contributed by atoms with Gasteiger partial charge in [0.05, 0.1) is 6.61 Å². The van der Waals surface area contributed by atoms with Gasteiger partial charge in [-0.2, -0.15) is 0 Å². The van der Waals surface area contributed by atoms with Crippen molar-refractivity contribution < 1.29 is 5.11 Å². The van der Waals surface area contributed by atoms with E-state index in [2.05, 4.69) is 33.0 Å². The standard InChI is InChI=1S/C14H15BrN2O/c1-17(9-11-4-2-6-13(15)8-11)14-12(10-18)5-3-7-16-14/h2-8,18H,9-10H2,1H3. The highest BCUT2D eigenvalue weighted by Gasteiger charge is 2.08. The number of benzene rings is 1. The van der Waals surface area contributed by atoms with Crippen LogP contribution in [0.15, 0.2) is 47.1 Å². The first-order chi connectivity index (χ1) is 8.70. The Morgan fingerprint density at radius 1 is 1.28 bits per heavy atom. The van der Waals surface area contributed by atoms with Crippen molar-refractivity contribution in [1.82, 2.24) is 4.98 Å². The minimum atomic E-state index is 0.00595. The van der Waals surface area contributed by atoms with E-state index in [1.54, 1.807) is 6.20 Å². The van der Waals surface area contributed by atoms with Crippen molar-refractivity contribution in [2.75, 3.05) is 11.9 Å². The van der Waals surface area contributed by atoms with Crippen LogP contribution in [0.2, 0.25) is 0 Å². The lowest BCUT2D eigenvalue weighted by molar-refractivity contribution is 0.281. The highest BCUT2D eigenvalue weighted by Crippen LogP contribution is 2.19. The normalized spacial score (nSPS) is 10.4. The molecule has 4 heteroatoms. The lowest BCUT2D eigenvalue weighted by Crippen LogP contribution is -2.19. The summed E-state index contributed by atoms with van der Waals surface area (Å²) in [5, 5.41) is 9.30. The molecule has 1 N–H and O–H groups in total. The first-order valence-corrected chi connectivity index (χ1v) is 6.50. The predicted octanol–water partition coefficient (Wildman–Crippen LogP) is 2.97. The molecule has 0 aliphatic carbocycles. The zero-order valence-corrected chi connectivity index (χ0v) is 11.8. The third-order valence-electron chi connectivity index (χ3n) is 2.71. The highest BCUT2D eigenvalue weighted by atomic mass is 79.9. The molecule has 0 aliphatic heterocycles. The number of aromatic nitrogens is 1. The number of aliphatic hydroxyl groups excluding tert-OH is 1. The summed E-state index contributed by atoms with van der Waals surface area (Å²) in [5.74, 6) is 0.819. The van der Waals surface area contributed by atoms with Crippen LogP contribution >= 0.6 is 15.9 Å². The van der Waals surface area contributed by atoms with E-state index in [1.165, 1.54) is 5.56 Å². The molecule has 2 aromatic rings. The molecule has 3 nitrogen and oxygen atoms in total.